The summed E-state index contributed by atoms with van der Waals surface area (Å²) in [6.07, 6.45) is 3.74. The summed E-state index contributed by atoms with van der Waals surface area (Å²) < 4.78 is 1.52. The first kappa shape index (κ1) is 11.4. The van der Waals surface area contributed by atoms with E-state index in [1.165, 1.54) is 4.68 Å². The lowest BCUT2D eigenvalue weighted by Crippen LogP contribution is -2.24. The van der Waals surface area contributed by atoms with Crippen molar-refractivity contribution in [2.75, 3.05) is 18.0 Å². The molecule has 1 atom stereocenters. The van der Waals surface area contributed by atoms with Gasteiger partial charge < -0.3 is 10.0 Å². The largest absolute Gasteiger partial charge is 0.391 e. The zero-order valence-corrected chi connectivity index (χ0v) is 10.2. The summed E-state index contributed by atoms with van der Waals surface area (Å²) in [5.41, 5.74) is 0. The minimum atomic E-state index is -0.339. The number of rotatable bonds is 2. The molecule has 0 radical (unpaired) electrons. The molecule has 1 unspecified atom stereocenters. The van der Waals surface area contributed by atoms with E-state index in [-0.39, 0.29) is 11.4 Å². The molecule has 1 saturated heterocycles. The zero-order chi connectivity index (χ0) is 12.5. The fourth-order valence-electron chi connectivity index (χ4n) is 1.88. The van der Waals surface area contributed by atoms with Gasteiger partial charge in [0.1, 0.15) is 0 Å². The molecule has 0 aliphatic carbocycles. The van der Waals surface area contributed by atoms with E-state index in [2.05, 4.69) is 20.1 Å². The molecule has 1 fully saturated rings. The highest BCUT2D eigenvalue weighted by Crippen LogP contribution is 2.18. The first-order valence-electron chi connectivity index (χ1n) is 5.57. The van der Waals surface area contributed by atoms with Crippen molar-refractivity contribution in [3.8, 4) is 5.95 Å². The van der Waals surface area contributed by atoms with Crippen LogP contribution in [0.25, 0.3) is 5.95 Å². The Morgan fingerprint density at radius 1 is 1.28 bits per heavy atom. The Bertz CT molecular complexity index is 545. The van der Waals surface area contributed by atoms with Gasteiger partial charge in [0, 0.05) is 25.5 Å². The van der Waals surface area contributed by atoms with E-state index >= 15 is 0 Å². The maximum Gasteiger partial charge on any atom is 0.256 e. The van der Waals surface area contributed by atoms with Crippen molar-refractivity contribution in [1.82, 2.24) is 24.7 Å². The molecule has 3 heterocycles. The molecule has 18 heavy (non-hydrogen) atoms. The minimum Gasteiger partial charge on any atom is -0.391 e. The van der Waals surface area contributed by atoms with Gasteiger partial charge in [-0.3, -0.25) is 0 Å². The van der Waals surface area contributed by atoms with Crippen molar-refractivity contribution in [3.05, 3.63) is 23.7 Å². The Morgan fingerprint density at radius 3 is 2.78 bits per heavy atom. The third-order valence-corrected chi connectivity index (χ3v) is 2.91. The standard InChI is InChI=1S/C10H11ClN6O/c11-8-13-9(16-5-2-7(18)6-16)15-10(14-8)17-4-1-3-12-17/h1,3-4,7,18H,2,5-6H2. The van der Waals surface area contributed by atoms with E-state index in [0.717, 1.165) is 0 Å². The molecule has 0 bridgehead atoms. The van der Waals surface area contributed by atoms with Gasteiger partial charge in [-0.15, -0.1) is 0 Å². The molecular formula is C10H11ClN6O. The van der Waals surface area contributed by atoms with Crippen LogP contribution in [0.3, 0.4) is 0 Å². The van der Waals surface area contributed by atoms with E-state index in [4.69, 9.17) is 11.6 Å². The number of hydrogen-bond acceptors (Lipinski definition) is 6. The van der Waals surface area contributed by atoms with Crippen LogP contribution < -0.4 is 4.90 Å². The summed E-state index contributed by atoms with van der Waals surface area (Å²) in [6, 6.07) is 1.77. The lowest BCUT2D eigenvalue weighted by molar-refractivity contribution is 0.198. The van der Waals surface area contributed by atoms with Crippen LogP contribution in [-0.4, -0.2) is 49.0 Å². The molecule has 94 valence electrons. The molecular weight excluding hydrogens is 256 g/mol. The third-order valence-electron chi connectivity index (χ3n) is 2.74. The summed E-state index contributed by atoms with van der Waals surface area (Å²) >= 11 is 5.89. The topological polar surface area (TPSA) is 80.0 Å². The van der Waals surface area contributed by atoms with E-state index in [1.54, 1.807) is 18.5 Å². The molecule has 2 aromatic rings. The van der Waals surface area contributed by atoms with Gasteiger partial charge in [-0.2, -0.15) is 20.1 Å². The Hall–Kier alpha value is -1.73. The summed E-state index contributed by atoms with van der Waals surface area (Å²) in [6.45, 7) is 1.22. The van der Waals surface area contributed by atoms with Crippen LogP contribution in [0.15, 0.2) is 18.5 Å². The van der Waals surface area contributed by atoms with Gasteiger partial charge in [0.05, 0.1) is 6.10 Å². The van der Waals surface area contributed by atoms with Gasteiger partial charge in [0.15, 0.2) is 0 Å². The van der Waals surface area contributed by atoms with Crippen LogP contribution >= 0.6 is 11.6 Å². The lowest BCUT2D eigenvalue weighted by Gasteiger charge is -2.15. The van der Waals surface area contributed by atoms with Crippen molar-refractivity contribution in [3.63, 3.8) is 0 Å². The van der Waals surface area contributed by atoms with Gasteiger partial charge >= 0.3 is 0 Å². The van der Waals surface area contributed by atoms with Gasteiger partial charge in [0.25, 0.3) is 5.95 Å². The van der Waals surface area contributed by atoms with Gasteiger partial charge in [-0.1, -0.05) is 0 Å². The van der Waals surface area contributed by atoms with Crippen LogP contribution in [0.1, 0.15) is 6.42 Å². The van der Waals surface area contributed by atoms with Crippen molar-refractivity contribution >= 4 is 17.5 Å². The average Bonchev–Trinajstić information content (AvgIpc) is 2.98. The van der Waals surface area contributed by atoms with E-state index in [9.17, 15) is 5.11 Å². The summed E-state index contributed by atoms with van der Waals surface area (Å²) in [5.74, 6) is 0.841. The minimum absolute atomic E-state index is 0.117. The highest BCUT2D eigenvalue weighted by molar-refractivity contribution is 6.28. The van der Waals surface area contributed by atoms with Crippen LogP contribution in [0.5, 0.6) is 0 Å². The predicted molar refractivity (Wildman–Crippen MR) is 64.8 cm³/mol. The number of aromatic nitrogens is 5. The van der Waals surface area contributed by atoms with Gasteiger partial charge in [-0.25, -0.2) is 4.68 Å². The molecule has 1 aliphatic rings. The molecule has 0 aromatic carbocycles. The average molecular weight is 267 g/mol. The second-order valence-electron chi connectivity index (χ2n) is 4.04. The number of aliphatic hydroxyl groups is 1. The van der Waals surface area contributed by atoms with Crippen molar-refractivity contribution < 1.29 is 5.11 Å². The maximum atomic E-state index is 9.52. The normalized spacial score (nSPS) is 19.4. The number of hydrogen-bond donors (Lipinski definition) is 1. The Balaban J connectivity index is 1.96. The molecule has 1 aliphatic heterocycles. The highest BCUT2D eigenvalue weighted by atomic mass is 35.5. The molecule has 0 spiro atoms. The van der Waals surface area contributed by atoms with E-state index in [0.29, 0.717) is 31.4 Å². The summed E-state index contributed by atoms with van der Waals surface area (Å²) in [5, 5.41) is 13.7. The molecule has 2 aromatic heterocycles. The van der Waals surface area contributed by atoms with Gasteiger partial charge in [-0.05, 0) is 24.1 Å². The Kier molecular flexibility index (Phi) is 2.85. The monoisotopic (exact) mass is 266 g/mol. The Labute approximate surface area is 108 Å². The lowest BCUT2D eigenvalue weighted by atomic mass is 10.3. The second-order valence-corrected chi connectivity index (χ2v) is 4.38. The highest BCUT2D eigenvalue weighted by Gasteiger charge is 2.23. The van der Waals surface area contributed by atoms with E-state index in [1.807, 2.05) is 4.90 Å². The summed E-state index contributed by atoms with van der Waals surface area (Å²) in [4.78, 5) is 14.3. The number of anilines is 1. The fourth-order valence-corrected chi connectivity index (χ4v) is 2.04. The van der Waals surface area contributed by atoms with E-state index < -0.39 is 0 Å². The summed E-state index contributed by atoms with van der Waals surface area (Å²) in [7, 11) is 0. The molecule has 8 heteroatoms. The third kappa shape index (κ3) is 2.14. The molecule has 7 nitrogen and oxygen atoms in total. The van der Waals surface area contributed by atoms with Crippen LogP contribution in [0.4, 0.5) is 5.95 Å². The first-order valence-corrected chi connectivity index (χ1v) is 5.95. The van der Waals surface area contributed by atoms with Crippen molar-refractivity contribution in [2.24, 2.45) is 0 Å². The molecule has 0 amide bonds. The SMILES string of the molecule is OC1CCN(c2nc(Cl)nc(-n3cccn3)n2)C1. The number of nitrogens with zero attached hydrogens (tertiary/aromatic N) is 6. The predicted octanol–water partition coefficient (Wildman–Crippen LogP) is 0.282. The second kappa shape index (κ2) is 4.51. The molecule has 0 saturated carbocycles. The smallest absolute Gasteiger partial charge is 0.256 e. The number of halogens is 1. The van der Waals surface area contributed by atoms with Crippen LogP contribution in [0.2, 0.25) is 5.28 Å². The molecule has 3 rings (SSSR count). The van der Waals surface area contributed by atoms with Gasteiger partial charge in [0.2, 0.25) is 11.2 Å². The van der Waals surface area contributed by atoms with Crippen LogP contribution in [-0.2, 0) is 0 Å². The fraction of sp³-hybridized carbons (Fsp3) is 0.400. The molecule has 1 N–H and O–H groups in total. The number of β-amino-alcohol motifs (C(OH)–C–C–N with tert-alkyl or cyclic N) is 1. The number of aliphatic hydroxyl groups excluding tert-OH is 1. The van der Waals surface area contributed by atoms with Crippen molar-refractivity contribution in [2.45, 2.75) is 12.5 Å². The van der Waals surface area contributed by atoms with Crippen LogP contribution in [0, 0.1) is 0 Å². The quantitative estimate of drug-likeness (QED) is 0.841. The first-order chi connectivity index (χ1) is 8.72. The Morgan fingerprint density at radius 2 is 2.11 bits per heavy atom. The zero-order valence-electron chi connectivity index (χ0n) is 9.44. The van der Waals surface area contributed by atoms with Crippen molar-refractivity contribution in [1.29, 1.82) is 0 Å². The maximum absolute atomic E-state index is 9.52.